The van der Waals surface area contributed by atoms with Crippen LogP contribution in [0.1, 0.15) is 10.4 Å². The Labute approximate surface area is 207 Å². The van der Waals surface area contributed by atoms with E-state index in [0.717, 1.165) is 10.8 Å². The average Bonchev–Trinajstić information content (AvgIpc) is 2.91. The summed E-state index contributed by atoms with van der Waals surface area (Å²) in [6.07, 6.45) is 0. The van der Waals surface area contributed by atoms with Crippen molar-refractivity contribution in [3.63, 3.8) is 0 Å². The Hall–Kier alpha value is -4.72. The lowest BCUT2D eigenvalue weighted by molar-refractivity contribution is -0.118. The molecule has 36 heavy (non-hydrogen) atoms. The molecule has 1 aliphatic heterocycles. The highest BCUT2D eigenvalue weighted by molar-refractivity contribution is 6.09. The lowest BCUT2D eigenvalue weighted by atomic mass is 10.1. The van der Waals surface area contributed by atoms with Gasteiger partial charge >= 0.3 is 0 Å². The fraction of sp³-hybridized carbons (Fsp3) is 0.143. The van der Waals surface area contributed by atoms with Crippen LogP contribution in [0.15, 0.2) is 78.9 Å². The largest absolute Gasteiger partial charge is 0.495 e. The van der Waals surface area contributed by atoms with E-state index in [1.54, 1.807) is 48.5 Å². The van der Waals surface area contributed by atoms with Gasteiger partial charge in [-0.1, -0.05) is 36.4 Å². The van der Waals surface area contributed by atoms with Gasteiger partial charge in [0.05, 0.1) is 18.4 Å². The first-order valence-electron chi connectivity index (χ1n) is 11.4. The molecule has 0 saturated carbocycles. The Morgan fingerprint density at radius 1 is 0.806 bits per heavy atom. The van der Waals surface area contributed by atoms with Crippen LogP contribution in [0.2, 0.25) is 0 Å². The second kappa shape index (κ2) is 10.3. The van der Waals surface area contributed by atoms with Crippen LogP contribution in [0, 0.1) is 0 Å². The van der Waals surface area contributed by atoms with Gasteiger partial charge in [0.25, 0.3) is 11.8 Å². The number of rotatable bonds is 7. The van der Waals surface area contributed by atoms with E-state index < -0.39 is 0 Å². The zero-order valence-corrected chi connectivity index (χ0v) is 19.6. The maximum absolute atomic E-state index is 13.2. The van der Waals surface area contributed by atoms with E-state index in [4.69, 9.17) is 18.9 Å². The molecule has 0 spiro atoms. The van der Waals surface area contributed by atoms with Gasteiger partial charge in [-0.2, -0.15) is 0 Å². The Bertz CT molecular complexity index is 1430. The van der Waals surface area contributed by atoms with Crippen molar-refractivity contribution in [3.8, 4) is 23.0 Å². The summed E-state index contributed by atoms with van der Waals surface area (Å²) >= 11 is 0. The van der Waals surface area contributed by atoms with E-state index in [1.165, 1.54) is 7.11 Å². The highest BCUT2D eigenvalue weighted by Gasteiger charge is 2.18. The van der Waals surface area contributed by atoms with Crippen molar-refractivity contribution in [3.05, 3.63) is 84.4 Å². The molecular formula is C28H24N2O6. The Kier molecular flexibility index (Phi) is 6.57. The molecule has 1 aliphatic rings. The fourth-order valence-electron chi connectivity index (χ4n) is 3.92. The molecule has 0 aromatic heterocycles. The summed E-state index contributed by atoms with van der Waals surface area (Å²) < 4.78 is 22.3. The summed E-state index contributed by atoms with van der Waals surface area (Å²) in [5.74, 6) is 1.27. The SMILES string of the molecule is COc1ccccc1NC(=O)c1cc2ccccc2cc1OCC(=O)Nc1ccc2c(c1)OCCO2. The molecule has 2 N–H and O–H groups in total. The van der Waals surface area contributed by atoms with Gasteiger partial charge in [0.2, 0.25) is 0 Å². The maximum Gasteiger partial charge on any atom is 0.262 e. The van der Waals surface area contributed by atoms with Gasteiger partial charge in [-0.05, 0) is 47.2 Å². The van der Waals surface area contributed by atoms with Crippen molar-refractivity contribution in [2.45, 2.75) is 0 Å². The lowest BCUT2D eigenvalue weighted by Gasteiger charge is -2.19. The molecule has 0 aliphatic carbocycles. The molecule has 0 fully saturated rings. The molecule has 182 valence electrons. The van der Waals surface area contributed by atoms with Gasteiger partial charge in [0.1, 0.15) is 24.7 Å². The molecule has 1 heterocycles. The van der Waals surface area contributed by atoms with Crippen LogP contribution in [-0.4, -0.2) is 38.7 Å². The third-order valence-corrected chi connectivity index (χ3v) is 5.63. The number of hydrogen-bond donors (Lipinski definition) is 2. The Morgan fingerprint density at radius 3 is 2.33 bits per heavy atom. The van der Waals surface area contributed by atoms with Crippen LogP contribution in [0.4, 0.5) is 11.4 Å². The molecule has 5 rings (SSSR count). The van der Waals surface area contributed by atoms with Crippen molar-refractivity contribution in [1.29, 1.82) is 0 Å². The molecule has 0 bridgehead atoms. The normalized spacial score (nSPS) is 12.0. The van der Waals surface area contributed by atoms with Crippen LogP contribution in [0.5, 0.6) is 23.0 Å². The molecule has 4 aromatic carbocycles. The quantitative estimate of drug-likeness (QED) is 0.388. The summed E-state index contributed by atoms with van der Waals surface area (Å²) in [5.41, 5.74) is 1.38. The molecule has 2 amide bonds. The first-order valence-corrected chi connectivity index (χ1v) is 11.4. The highest BCUT2D eigenvalue weighted by atomic mass is 16.6. The highest BCUT2D eigenvalue weighted by Crippen LogP contribution is 2.33. The van der Waals surface area contributed by atoms with Crippen molar-refractivity contribution < 1.29 is 28.5 Å². The molecule has 8 nitrogen and oxygen atoms in total. The molecule has 4 aromatic rings. The van der Waals surface area contributed by atoms with Crippen molar-refractivity contribution in [1.82, 2.24) is 0 Å². The predicted molar refractivity (Wildman–Crippen MR) is 136 cm³/mol. The number of ether oxygens (including phenoxy) is 4. The van der Waals surface area contributed by atoms with E-state index in [0.29, 0.717) is 53.2 Å². The second-order valence-corrected chi connectivity index (χ2v) is 8.05. The zero-order chi connectivity index (χ0) is 24.9. The summed E-state index contributed by atoms with van der Waals surface area (Å²) in [7, 11) is 1.54. The lowest BCUT2D eigenvalue weighted by Crippen LogP contribution is -2.22. The van der Waals surface area contributed by atoms with E-state index >= 15 is 0 Å². The Morgan fingerprint density at radius 2 is 1.53 bits per heavy atom. The number of fused-ring (bicyclic) bond motifs is 2. The molecule has 8 heteroatoms. The number of carbonyl (C=O) groups is 2. The van der Waals surface area contributed by atoms with E-state index in [-0.39, 0.29) is 18.4 Å². The van der Waals surface area contributed by atoms with Crippen molar-refractivity contribution >= 4 is 34.0 Å². The van der Waals surface area contributed by atoms with E-state index in [1.807, 2.05) is 30.3 Å². The number of benzene rings is 4. The van der Waals surface area contributed by atoms with E-state index in [2.05, 4.69) is 10.6 Å². The van der Waals surface area contributed by atoms with Crippen LogP contribution in [0.25, 0.3) is 10.8 Å². The number of para-hydroxylation sites is 2. The molecule has 0 radical (unpaired) electrons. The topological polar surface area (TPSA) is 95.1 Å². The average molecular weight is 485 g/mol. The van der Waals surface area contributed by atoms with Gasteiger partial charge < -0.3 is 29.6 Å². The molecular weight excluding hydrogens is 460 g/mol. The van der Waals surface area contributed by atoms with Crippen molar-refractivity contribution in [2.75, 3.05) is 37.6 Å². The third kappa shape index (κ3) is 5.02. The number of amides is 2. The first kappa shape index (κ1) is 23.0. The second-order valence-electron chi connectivity index (χ2n) is 8.05. The smallest absolute Gasteiger partial charge is 0.262 e. The van der Waals surface area contributed by atoms with Crippen LogP contribution >= 0.6 is 0 Å². The number of methoxy groups -OCH3 is 1. The summed E-state index contributed by atoms with van der Waals surface area (Å²) in [5, 5.41) is 7.41. The summed E-state index contributed by atoms with van der Waals surface area (Å²) in [4.78, 5) is 25.9. The number of hydrogen-bond acceptors (Lipinski definition) is 6. The summed E-state index contributed by atoms with van der Waals surface area (Å²) in [6, 6.07) is 23.4. The van der Waals surface area contributed by atoms with Gasteiger partial charge in [-0.15, -0.1) is 0 Å². The minimum Gasteiger partial charge on any atom is -0.495 e. The van der Waals surface area contributed by atoms with Gasteiger partial charge in [0.15, 0.2) is 18.1 Å². The number of anilines is 2. The molecule has 0 unspecified atom stereocenters. The maximum atomic E-state index is 13.2. The zero-order valence-electron chi connectivity index (χ0n) is 19.6. The first-order chi connectivity index (χ1) is 17.6. The molecule has 0 atom stereocenters. The van der Waals surface area contributed by atoms with Gasteiger partial charge in [0, 0.05) is 11.8 Å². The standard InChI is InChI=1S/C28H24N2O6/c1-33-23-9-5-4-8-22(23)30-28(32)21-14-18-6-2-3-7-19(18)15-25(21)36-17-27(31)29-20-10-11-24-26(16-20)35-13-12-34-24/h2-11,14-16H,12-13,17H2,1H3,(H,29,31)(H,30,32). The van der Waals surface area contributed by atoms with Gasteiger partial charge in [-0.25, -0.2) is 0 Å². The van der Waals surface area contributed by atoms with Crippen LogP contribution in [0.3, 0.4) is 0 Å². The minimum atomic E-state index is -0.382. The van der Waals surface area contributed by atoms with Crippen molar-refractivity contribution in [2.24, 2.45) is 0 Å². The third-order valence-electron chi connectivity index (χ3n) is 5.63. The Balaban J connectivity index is 1.35. The van der Waals surface area contributed by atoms with Crippen LogP contribution in [-0.2, 0) is 4.79 Å². The monoisotopic (exact) mass is 484 g/mol. The van der Waals surface area contributed by atoms with E-state index in [9.17, 15) is 9.59 Å². The predicted octanol–water partition coefficient (Wildman–Crippen LogP) is 4.89. The summed E-state index contributed by atoms with van der Waals surface area (Å²) in [6.45, 7) is 0.655. The number of nitrogens with one attached hydrogen (secondary N) is 2. The van der Waals surface area contributed by atoms with Crippen LogP contribution < -0.4 is 29.6 Å². The number of carbonyl (C=O) groups excluding carboxylic acids is 2. The van der Waals surface area contributed by atoms with Gasteiger partial charge in [-0.3, -0.25) is 9.59 Å². The minimum absolute atomic E-state index is 0.290. The molecule has 0 saturated heterocycles. The fourth-order valence-corrected chi connectivity index (χ4v) is 3.92.